The molecule has 1 fully saturated rings. The fourth-order valence-electron chi connectivity index (χ4n) is 1.75. The van der Waals surface area contributed by atoms with Gasteiger partial charge < -0.3 is 10.2 Å². The summed E-state index contributed by atoms with van der Waals surface area (Å²) in [6.07, 6.45) is 2.37. The highest BCUT2D eigenvalue weighted by Gasteiger charge is 2.16. The molecule has 0 aromatic rings. The number of amides is 1. The van der Waals surface area contributed by atoms with Crippen molar-refractivity contribution in [2.24, 2.45) is 0 Å². The van der Waals surface area contributed by atoms with Gasteiger partial charge >= 0.3 is 0 Å². The number of rotatable bonds is 5. The third-order valence-corrected chi connectivity index (χ3v) is 4.02. The molecule has 1 amide bonds. The van der Waals surface area contributed by atoms with Crippen LogP contribution in [0.15, 0.2) is 12.2 Å². The molecule has 0 atom stereocenters. The highest BCUT2D eigenvalue weighted by molar-refractivity contribution is 8.00. The molecule has 4 heteroatoms. The van der Waals surface area contributed by atoms with Crippen LogP contribution in [0.2, 0.25) is 0 Å². The van der Waals surface area contributed by atoms with E-state index in [1.807, 2.05) is 14.0 Å². The van der Waals surface area contributed by atoms with Crippen LogP contribution in [0.25, 0.3) is 0 Å². The van der Waals surface area contributed by atoms with Crippen molar-refractivity contribution in [2.45, 2.75) is 25.0 Å². The summed E-state index contributed by atoms with van der Waals surface area (Å²) in [6.45, 7) is 8.62. The minimum Gasteiger partial charge on any atom is -0.341 e. The highest BCUT2D eigenvalue weighted by Crippen LogP contribution is 2.20. The Labute approximate surface area is 103 Å². The zero-order valence-corrected chi connectivity index (χ0v) is 11.1. The molecule has 0 bridgehead atoms. The molecular weight excluding hydrogens is 220 g/mol. The zero-order valence-electron chi connectivity index (χ0n) is 10.3. The third-order valence-electron chi connectivity index (χ3n) is 2.66. The van der Waals surface area contributed by atoms with E-state index in [1.54, 1.807) is 16.7 Å². The Hall–Kier alpha value is -0.480. The molecule has 0 saturated carbocycles. The standard InChI is InChI=1S/C12H22N2OS/c1-10(2)8-14(3)12(15)9-16-11-4-6-13-7-5-11/h11,13H,1,4-9H2,2-3H3. The number of nitrogens with zero attached hydrogens (tertiary/aromatic N) is 1. The van der Waals surface area contributed by atoms with Crippen molar-refractivity contribution in [2.75, 3.05) is 32.4 Å². The molecule has 3 nitrogen and oxygen atoms in total. The molecule has 92 valence electrons. The van der Waals surface area contributed by atoms with Gasteiger partial charge in [0.25, 0.3) is 0 Å². The molecule has 0 aromatic carbocycles. The van der Waals surface area contributed by atoms with Crippen molar-refractivity contribution in [1.82, 2.24) is 10.2 Å². The first-order chi connectivity index (χ1) is 7.59. The smallest absolute Gasteiger partial charge is 0.232 e. The molecule has 1 saturated heterocycles. The van der Waals surface area contributed by atoms with Gasteiger partial charge in [0.05, 0.1) is 5.75 Å². The fourth-order valence-corrected chi connectivity index (χ4v) is 2.92. The SMILES string of the molecule is C=C(C)CN(C)C(=O)CSC1CCNCC1. The van der Waals surface area contributed by atoms with Crippen LogP contribution >= 0.6 is 11.8 Å². The van der Waals surface area contributed by atoms with E-state index in [2.05, 4.69) is 11.9 Å². The van der Waals surface area contributed by atoms with Crippen molar-refractivity contribution in [3.05, 3.63) is 12.2 Å². The van der Waals surface area contributed by atoms with Gasteiger partial charge in [-0.15, -0.1) is 11.8 Å². The van der Waals surface area contributed by atoms with Crippen LogP contribution in [-0.2, 0) is 4.79 Å². The van der Waals surface area contributed by atoms with Gasteiger partial charge in [0.2, 0.25) is 5.91 Å². The van der Waals surface area contributed by atoms with Crippen molar-refractivity contribution in [1.29, 1.82) is 0 Å². The van der Waals surface area contributed by atoms with E-state index < -0.39 is 0 Å². The van der Waals surface area contributed by atoms with Crippen LogP contribution in [0, 0.1) is 0 Å². The summed E-state index contributed by atoms with van der Waals surface area (Å²) in [6, 6.07) is 0. The molecule has 1 aliphatic heterocycles. The molecule has 0 aliphatic carbocycles. The topological polar surface area (TPSA) is 32.3 Å². The lowest BCUT2D eigenvalue weighted by Crippen LogP contribution is -2.32. The second-order valence-electron chi connectivity index (χ2n) is 4.47. The van der Waals surface area contributed by atoms with E-state index in [-0.39, 0.29) is 5.91 Å². The maximum atomic E-state index is 11.8. The van der Waals surface area contributed by atoms with Crippen LogP contribution in [0.5, 0.6) is 0 Å². The van der Waals surface area contributed by atoms with Crippen molar-refractivity contribution < 1.29 is 4.79 Å². The summed E-state index contributed by atoms with van der Waals surface area (Å²) in [5.41, 5.74) is 1.03. The first-order valence-electron chi connectivity index (χ1n) is 5.80. The summed E-state index contributed by atoms with van der Waals surface area (Å²) in [7, 11) is 1.85. The summed E-state index contributed by atoms with van der Waals surface area (Å²) < 4.78 is 0. The summed E-state index contributed by atoms with van der Waals surface area (Å²) in [4.78, 5) is 13.5. The maximum Gasteiger partial charge on any atom is 0.232 e. The summed E-state index contributed by atoms with van der Waals surface area (Å²) in [5, 5.41) is 3.99. The van der Waals surface area contributed by atoms with E-state index in [1.165, 1.54) is 12.8 Å². The average molecular weight is 242 g/mol. The number of piperidine rings is 1. The molecule has 0 unspecified atom stereocenters. The second kappa shape index (κ2) is 6.97. The van der Waals surface area contributed by atoms with Crippen molar-refractivity contribution in [3.63, 3.8) is 0 Å². The van der Waals surface area contributed by atoms with Gasteiger partial charge in [0.15, 0.2) is 0 Å². The van der Waals surface area contributed by atoms with E-state index in [0.29, 0.717) is 17.5 Å². The third kappa shape index (κ3) is 5.03. The summed E-state index contributed by atoms with van der Waals surface area (Å²) in [5.74, 6) is 0.820. The predicted octanol–water partition coefficient (Wildman–Crippen LogP) is 1.51. The molecule has 0 radical (unpaired) electrons. The number of hydrogen-bond acceptors (Lipinski definition) is 3. The van der Waals surface area contributed by atoms with Gasteiger partial charge in [-0.1, -0.05) is 12.2 Å². The summed E-state index contributed by atoms with van der Waals surface area (Å²) >= 11 is 1.80. The normalized spacial score (nSPS) is 17.1. The highest BCUT2D eigenvalue weighted by atomic mass is 32.2. The quantitative estimate of drug-likeness (QED) is 0.742. The van der Waals surface area contributed by atoms with E-state index >= 15 is 0 Å². The van der Waals surface area contributed by atoms with E-state index in [0.717, 1.165) is 18.7 Å². The first-order valence-corrected chi connectivity index (χ1v) is 6.85. The van der Waals surface area contributed by atoms with Crippen molar-refractivity contribution >= 4 is 17.7 Å². The Morgan fingerprint density at radius 1 is 1.50 bits per heavy atom. The van der Waals surface area contributed by atoms with Crippen LogP contribution in [-0.4, -0.2) is 48.5 Å². The predicted molar refractivity (Wildman–Crippen MR) is 70.8 cm³/mol. The largest absolute Gasteiger partial charge is 0.341 e. The lowest BCUT2D eigenvalue weighted by Gasteiger charge is -2.23. The van der Waals surface area contributed by atoms with Crippen LogP contribution in [0.4, 0.5) is 0 Å². The van der Waals surface area contributed by atoms with Crippen LogP contribution in [0.1, 0.15) is 19.8 Å². The lowest BCUT2D eigenvalue weighted by molar-refractivity contribution is -0.126. The number of carbonyl (C=O) groups excluding carboxylic acids is 1. The van der Waals surface area contributed by atoms with Gasteiger partial charge in [-0.25, -0.2) is 0 Å². The van der Waals surface area contributed by atoms with Gasteiger partial charge in [-0.2, -0.15) is 0 Å². The maximum absolute atomic E-state index is 11.8. The van der Waals surface area contributed by atoms with Gasteiger partial charge in [0, 0.05) is 18.8 Å². The minimum atomic E-state index is 0.214. The molecule has 16 heavy (non-hydrogen) atoms. The monoisotopic (exact) mass is 242 g/mol. The number of carbonyl (C=O) groups is 1. The minimum absolute atomic E-state index is 0.214. The average Bonchev–Trinajstić information content (AvgIpc) is 2.26. The molecule has 0 aromatic heterocycles. The Morgan fingerprint density at radius 3 is 2.69 bits per heavy atom. The Morgan fingerprint density at radius 2 is 2.12 bits per heavy atom. The molecule has 1 N–H and O–H groups in total. The van der Waals surface area contributed by atoms with E-state index in [9.17, 15) is 4.79 Å². The Bertz CT molecular complexity index is 249. The lowest BCUT2D eigenvalue weighted by atomic mass is 10.2. The fraction of sp³-hybridized carbons (Fsp3) is 0.750. The number of hydrogen-bond donors (Lipinski definition) is 1. The van der Waals surface area contributed by atoms with Gasteiger partial charge in [-0.3, -0.25) is 4.79 Å². The first kappa shape index (κ1) is 13.6. The van der Waals surface area contributed by atoms with Crippen molar-refractivity contribution in [3.8, 4) is 0 Å². The molecular formula is C12H22N2OS. The van der Waals surface area contributed by atoms with Crippen LogP contribution < -0.4 is 5.32 Å². The Kier molecular flexibility index (Phi) is 5.91. The molecule has 1 heterocycles. The molecule has 1 aliphatic rings. The van der Waals surface area contributed by atoms with Gasteiger partial charge in [-0.05, 0) is 32.9 Å². The van der Waals surface area contributed by atoms with Gasteiger partial charge in [0.1, 0.15) is 0 Å². The number of nitrogens with one attached hydrogen (secondary N) is 1. The zero-order chi connectivity index (χ0) is 12.0. The van der Waals surface area contributed by atoms with E-state index in [4.69, 9.17) is 0 Å². The number of likely N-dealkylation sites (N-methyl/N-ethyl adjacent to an activating group) is 1. The number of thioether (sulfide) groups is 1. The molecule has 0 spiro atoms. The second-order valence-corrected chi connectivity index (χ2v) is 5.76. The molecule has 1 rings (SSSR count). The Balaban J connectivity index is 2.20. The van der Waals surface area contributed by atoms with Crippen LogP contribution in [0.3, 0.4) is 0 Å².